The summed E-state index contributed by atoms with van der Waals surface area (Å²) in [4.78, 5) is 51.1. The van der Waals surface area contributed by atoms with Crippen LogP contribution in [-0.2, 0) is 28.7 Å². The normalized spacial score (nSPS) is 51.6. The number of hydrogen-bond donors (Lipinski definition) is 1. The van der Waals surface area contributed by atoms with Crippen LogP contribution in [0.15, 0.2) is 0 Å². The maximum absolute atomic E-state index is 13.4. The first-order chi connectivity index (χ1) is 13.4. The van der Waals surface area contributed by atoms with E-state index < -0.39 is 46.9 Å². The van der Waals surface area contributed by atoms with Crippen molar-refractivity contribution < 1.29 is 33.8 Å². The molecule has 0 bridgehead atoms. The smallest absolute Gasteiger partial charge is 0.306 e. The molecule has 29 heavy (non-hydrogen) atoms. The third-order valence-corrected chi connectivity index (χ3v) is 8.75. The van der Waals surface area contributed by atoms with Crippen molar-refractivity contribution in [1.82, 2.24) is 0 Å². The van der Waals surface area contributed by atoms with Crippen molar-refractivity contribution in [3.8, 4) is 0 Å². The van der Waals surface area contributed by atoms with Crippen LogP contribution in [0.4, 0.5) is 0 Å². The summed E-state index contributed by atoms with van der Waals surface area (Å²) in [6, 6.07) is 0. The van der Waals surface area contributed by atoms with Gasteiger partial charge in [-0.2, -0.15) is 0 Å². The van der Waals surface area contributed by atoms with Gasteiger partial charge in [0, 0.05) is 36.0 Å². The molecule has 0 aromatic carbocycles. The second-order valence-electron chi connectivity index (χ2n) is 10.1. The van der Waals surface area contributed by atoms with Gasteiger partial charge in [0.15, 0.2) is 17.7 Å². The Morgan fingerprint density at radius 1 is 1.14 bits per heavy atom. The third kappa shape index (κ3) is 2.52. The van der Waals surface area contributed by atoms with Gasteiger partial charge in [0.2, 0.25) is 0 Å². The highest BCUT2D eigenvalue weighted by atomic mass is 16.6. The standard InChI is InChI=1S/C22H30O7/c1-9-6-14(24)20(27)22(5)12(9)7-15-21(4)13(8-16(25)29-15)10(2)17(26)18(19(21)22)28-11(3)23/h9-10,12-15,18-19,24H,6-8H2,1-5H3/t9-,10-,12+,13+,14?,15-,18-,19+,21-,22+/m1/s1. The molecule has 3 aliphatic carbocycles. The first kappa shape index (κ1) is 20.5. The molecule has 1 N–H and O–H groups in total. The predicted molar refractivity (Wildman–Crippen MR) is 100 cm³/mol. The summed E-state index contributed by atoms with van der Waals surface area (Å²) < 4.78 is 11.4. The highest BCUT2D eigenvalue weighted by Crippen LogP contribution is 2.68. The Morgan fingerprint density at radius 2 is 1.79 bits per heavy atom. The zero-order valence-corrected chi connectivity index (χ0v) is 17.6. The molecule has 0 amide bonds. The first-order valence-corrected chi connectivity index (χ1v) is 10.6. The lowest BCUT2D eigenvalue weighted by atomic mass is 9.37. The summed E-state index contributed by atoms with van der Waals surface area (Å²) in [5.74, 6) is -3.03. The number of rotatable bonds is 1. The average molecular weight is 406 g/mol. The number of ether oxygens (including phenoxy) is 2. The van der Waals surface area contributed by atoms with Crippen molar-refractivity contribution in [2.45, 2.75) is 72.2 Å². The Morgan fingerprint density at radius 3 is 2.41 bits per heavy atom. The molecule has 0 aromatic rings. The van der Waals surface area contributed by atoms with Gasteiger partial charge in [0.25, 0.3) is 0 Å². The van der Waals surface area contributed by atoms with Crippen molar-refractivity contribution in [2.75, 3.05) is 0 Å². The molecular formula is C22H30O7. The lowest BCUT2D eigenvalue weighted by Crippen LogP contribution is -2.74. The van der Waals surface area contributed by atoms with Crippen LogP contribution in [0.25, 0.3) is 0 Å². The molecule has 4 rings (SSSR count). The zero-order chi connectivity index (χ0) is 21.5. The van der Waals surface area contributed by atoms with E-state index in [4.69, 9.17) is 9.47 Å². The highest BCUT2D eigenvalue weighted by Gasteiger charge is 2.74. The monoisotopic (exact) mass is 406 g/mol. The van der Waals surface area contributed by atoms with Gasteiger partial charge in [-0.3, -0.25) is 19.2 Å². The molecule has 1 aliphatic heterocycles. The van der Waals surface area contributed by atoms with Crippen LogP contribution in [0.2, 0.25) is 0 Å². The van der Waals surface area contributed by atoms with E-state index in [0.29, 0.717) is 12.8 Å². The number of aliphatic hydroxyl groups is 1. The highest BCUT2D eigenvalue weighted by molar-refractivity contribution is 5.94. The van der Waals surface area contributed by atoms with Gasteiger partial charge in [0.05, 0.1) is 0 Å². The Balaban J connectivity index is 1.95. The van der Waals surface area contributed by atoms with E-state index in [9.17, 15) is 24.3 Å². The minimum absolute atomic E-state index is 0.00348. The summed E-state index contributed by atoms with van der Waals surface area (Å²) in [6.45, 7) is 8.80. The molecule has 0 spiro atoms. The van der Waals surface area contributed by atoms with E-state index >= 15 is 0 Å². The maximum Gasteiger partial charge on any atom is 0.306 e. The fourth-order valence-electron chi connectivity index (χ4n) is 7.48. The van der Waals surface area contributed by atoms with Crippen molar-refractivity contribution >= 4 is 23.5 Å². The maximum atomic E-state index is 13.4. The molecule has 160 valence electrons. The van der Waals surface area contributed by atoms with Crippen LogP contribution in [0, 0.1) is 40.4 Å². The minimum atomic E-state index is -1.11. The molecule has 4 fully saturated rings. The second-order valence-corrected chi connectivity index (χ2v) is 10.1. The summed E-state index contributed by atoms with van der Waals surface area (Å²) in [6.07, 6.45) is -1.68. The SMILES string of the molecule is CC(=O)O[C@@H]1C(=O)[C@H](C)[C@@H]2CC(=O)O[C@@H]3C[C@H]4[C@H](C)CC(O)C(=O)[C@]4(C)[C@@H]1[C@@]32C. The molecule has 1 heterocycles. The molecule has 0 aromatic heterocycles. The van der Waals surface area contributed by atoms with Gasteiger partial charge in [-0.05, 0) is 30.6 Å². The van der Waals surface area contributed by atoms with Gasteiger partial charge in [-0.15, -0.1) is 0 Å². The topological polar surface area (TPSA) is 107 Å². The molecule has 1 unspecified atom stereocenters. The van der Waals surface area contributed by atoms with Gasteiger partial charge >= 0.3 is 11.9 Å². The fourth-order valence-corrected chi connectivity index (χ4v) is 7.48. The third-order valence-electron chi connectivity index (χ3n) is 8.75. The van der Waals surface area contributed by atoms with Crippen LogP contribution in [0.3, 0.4) is 0 Å². The van der Waals surface area contributed by atoms with E-state index in [2.05, 4.69) is 0 Å². The first-order valence-electron chi connectivity index (χ1n) is 10.6. The molecule has 4 aliphatic rings. The van der Waals surface area contributed by atoms with Crippen LogP contribution in [0.1, 0.15) is 53.9 Å². The van der Waals surface area contributed by atoms with Gasteiger partial charge < -0.3 is 14.6 Å². The van der Waals surface area contributed by atoms with Gasteiger partial charge in [0.1, 0.15) is 12.2 Å². The summed E-state index contributed by atoms with van der Waals surface area (Å²) in [5, 5.41) is 10.5. The average Bonchev–Trinajstić information content (AvgIpc) is 2.62. The van der Waals surface area contributed by atoms with E-state index in [0.717, 1.165) is 0 Å². The molecule has 0 radical (unpaired) electrons. The Hall–Kier alpha value is -1.76. The van der Waals surface area contributed by atoms with Crippen LogP contribution in [-0.4, -0.2) is 46.9 Å². The summed E-state index contributed by atoms with van der Waals surface area (Å²) >= 11 is 0. The molecule has 10 atom stereocenters. The van der Waals surface area contributed by atoms with E-state index in [-0.39, 0.29) is 41.7 Å². The Kier molecular flexibility index (Phi) is 4.50. The number of aliphatic hydroxyl groups excluding tert-OH is 1. The minimum Gasteiger partial charge on any atom is -0.462 e. The zero-order valence-electron chi connectivity index (χ0n) is 17.6. The molecule has 7 nitrogen and oxygen atoms in total. The fraction of sp³-hybridized carbons (Fsp3) is 0.818. The quantitative estimate of drug-likeness (QED) is 0.660. The van der Waals surface area contributed by atoms with Crippen LogP contribution < -0.4 is 0 Å². The van der Waals surface area contributed by atoms with Crippen LogP contribution >= 0.6 is 0 Å². The number of esters is 2. The number of carbonyl (C=O) groups excluding carboxylic acids is 4. The number of ketones is 2. The number of fused-ring (bicyclic) bond motifs is 2. The lowest BCUT2D eigenvalue weighted by molar-refractivity contribution is -0.258. The second kappa shape index (κ2) is 6.37. The predicted octanol–water partition coefficient (Wildman–Crippen LogP) is 1.69. The Bertz CT molecular complexity index is 790. The van der Waals surface area contributed by atoms with E-state index in [1.165, 1.54) is 6.92 Å². The van der Waals surface area contributed by atoms with Gasteiger partial charge in [-0.25, -0.2) is 0 Å². The molecular weight excluding hydrogens is 376 g/mol. The number of carbonyl (C=O) groups is 4. The van der Waals surface area contributed by atoms with Crippen LogP contribution in [0.5, 0.6) is 0 Å². The molecule has 3 saturated carbocycles. The largest absolute Gasteiger partial charge is 0.462 e. The Labute approximate surface area is 170 Å². The van der Waals surface area contributed by atoms with Crippen molar-refractivity contribution in [2.24, 2.45) is 40.4 Å². The van der Waals surface area contributed by atoms with E-state index in [1.54, 1.807) is 6.92 Å². The number of Topliss-reactive ketones (excluding diaryl/α,β-unsaturated/α-hetero) is 2. The molecule has 7 heteroatoms. The summed E-state index contributed by atoms with van der Waals surface area (Å²) in [5.41, 5.74) is -1.74. The number of hydrogen-bond acceptors (Lipinski definition) is 7. The van der Waals surface area contributed by atoms with E-state index in [1.807, 2.05) is 20.8 Å². The van der Waals surface area contributed by atoms with Crippen molar-refractivity contribution in [1.29, 1.82) is 0 Å². The van der Waals surface area contributed by atoms with Crippen molar-refractivity contribution in [3.63, 3.8) is 0 Å². The lowest BCUT2D eigenvalue weighted by Gasteiger charge is -2.67. The van der Waals surface area contributed by atoms with Gasteiger partial charge in [-0.1, -0.05) is 27.7 Å². The van der Waals surface area contributed by atoms with Crippen molar-refractivity contribution in [3.05, 3.63) is 0 Å². The molecule has 1 saturated heterocycles. The summed E-state index contributed by atoms with van der Waals surface area (Å²) in [7, 11) is 0.